The first kappa shape index (κ1) is 27.0. The molecule has 1 aliphatic heterocycles. The Balaban J connectivity index is 1.51. The van der Waals surface area contributed by atoms with Crippen molar-refractivity contribution in [3.63, 3.8) is 0 Å². The van der Waals surface area contributed by atoms with Crippen LogP contribution < -0.4 is 5.32 Å². The summed E-state index contributed by atoms with van der Waals surface area (Å²) in [6.45, 7) is 6.32. The van der Waals surface area contributed by atoms with E-state index in [-0.39, 0.29) is 11.9 Å². The van der Waals surface area contributed by atoms with Crippen LogP contribution in [-0.4, -0.2) is 57.8 Å². The Hall–Kier alpha value is -3.62. The number of nitrogens with one attached hydrogen (secondary N) is 1. The van der Waals surface area contributed by atoms with Crippen LogP contribution in [0.2, 0.25) is 0 Å². The monoisotopic (exact) mass is 528 g/mol. The number of aromatic nitrogens is 4. The van der Waals surface area contributed by atoms with Gasteiger partial charge >= 0.3 is 0 Å². The predicted octanol–water partition coefficient (Wildman–Crippen LogP) is 5.99. The van der Waals surface area contributed by atoms with Crippen molar-refractivity contribution in [3.05, 3.63) is 84.1 Å². The summed E-state index contributed by atoms with van der Waals surface area (Å²) < 4.78 is 21.4. The summed E-state index contributed by atoms with van der Waals surface area (Å²) in [6, 6.07) is 19.5. The highest BCUT2D eigenvalue weighted by Crippen LogP contribution is 2.39. The third-order valence-electron chi connectivity index (χ3n) is 7.20. The van der Waals surface area contributed by atoms with Crippen LogP contribution in [0.1, 0.15) is 43.6 Å². The molecule has 0 saturated heterocycles. The fourth-order valence-corrected chi connectivity index (χ4v) is 5.30. The van der Waals surface area contributed by atoms with Crippen LogP contribution >= 0.6 is 0 Å². The molecule has 0 spiro atoms. The number of aryl methyl sites for hydroxylation is 1. The number of halogens is 1. The zero-order chi connectivity index (χ0) is 27.0. The summed E-state index contributed by atoms with van der Waals surface area (Å²) in [5, 5.41) is 3.24. The number of hydrogen-bond donors (Lipinski definition) is 1. The third kappa shape index (κ3) is 6.52. The molecule has 7 nitrogen and oxygen atoms in total. The second-order valence-corrected chi connectivity index (χ2v) is 10.1. The van der Waals surface area contributed by atoms with Crippen molar-refractivity contribution in [2.24, 2.45) is 0 Å². The van der Waals surface area contributed by atoms with Crippen molar-refractivity contribution >= 4 is 5.95 Å². The molecule has 8 heteroatoms. The molecule has 204 valence electrons. The topological polar surface area (TPSA) is 68.1 Å². The summed E-state index contributed by atoms with van der Waals surface area (Å²) in [6.07, 6.45) is 6.02. The molecule has 2 aromatic heterocycles. The largest absolute Gasteiger partial charge is 0.383 e. The van der Waals surface area contributed by atoms with Crippen LogP contribution in [0.4, 0.5) is 10.3 Å². The van der Waals surface area contributed by atoms with Gasteiger partial charge in [-0.05, 0) is 55.3 Å². The average Bonchev–Trinajstić information content (AvgIpc) is 3.53. The number of fused-ring (bicyclic) bond motifs is 1. The summed E-state index contributed by atoms with van der Waals surface area (Å²) in [5.41, 5.74) is 4.81. The smallest absolute Gasteiger partial charge is 0.223 e. The Morgan fingerprint density at radius 1 is 1.08 bits per heavy atom. The molecule has 0 bridgehead atoms. The van der Waals surface area contributed by atoms with Gasteiger partial charge in [-0.15, -0.1) is 0 Å². The lowest BCUT2D eigenvalue weighted by molar-refractivity contribution is 0.210. The van der Waals surface area contributed by atoms with E-state index < -0.39 is 0 Å². The van der Waals surface area contributed by atoms with Crippen molar-refractivity contribution in [3.8, 4) is 22.6 Å². The quantitative estimate of drug-likeness (QED) is 0.215. The zero-order valence-corrected chi connectivity index (χ0v) is 22.8. The van der Waals surface area contributed by atoms with E-state index in [1.54, 1.807) is 25.4 Å². The molecule has 1 atom stereocenters. The highest BCUT2D eigenvalue weighted by atomic mass is 19.1. The lowest BCUT2D eigenvalue weighted by atomic mass is 10.1. The Bertz CT molecular complexity index is 1340. The van der Waals surface area contributed by atoms with Gasteiger partial charge in [-0.3, -0.25) is 4.90 Å². The molecular weight excluding hydrogens is 491 g/mol. The molecule has 0 saturated carbocycles. The first-order valence-electron chi connectivity index (χ1n) is 13.9. The van der Waals surface area contributed by atoms with Crippen LogP contribution in [0.25, 0.3) is 22.6 Å². The van der Waals surface area contributed by atoms with Crippen molar-refractivity contribution in [2.45, 2.75) is 45.2 Å². The third-order valence-corrected chi connectivity index (χ3v) is 7.20. The van der Waals surface area contributed by atoms with Crippen molar-refractivity contribution in [1.29, 1.82) is 0 Å². The number of rotatable bonds is 13. The first-order chi connectivity index (χ1) is 19.2. The summed E-state index contributed by atoms with van der Waals surface area (Å²) in [5.74, 6) is 1.34. The molecule has 0 radical (unpaired) electrons. The molecule has 2 aromatic carbocycles. The molecule has 39 heavy (non-hydrogen) atoms. The van der Waals surface area contributed by atoms with Crippen molar-refractivity contribution in [1.82, 2.24) is 24.4 Å². The molecule has 0 unspecified atom stereocenters. The molecule has 5 rings (SSSR count). The van der Waals surface area contributed by atoms with Crippen molar-refractivity contribution < 1.29 is 9.13 Å². The number of unbranched alkanes of at least 4 members (excludes halogenated alkanes) is 1. The molecule has 0 fully saturated rings. The van der Waals surface area contributed by atoms with E-state index in [9.17, 15) is 4.39 Å². The molecule has 1 N–H and O–H groups in total. The standard InChI is InChI=1S/C31H37FN6O/c1-3-4-19-37(21-23-8-6-5-7-9-23)22-26-14-15-28-36-29(24-10-12-25(32)13-11-24)30(38(26)28)27-16-17-33-31(35-27)34-18-20-39-2/h5-13,16-17,26H,3-4,14-15,18-22H2,1-2H3,(H,33,34,35)/t26-/m0/s1. The van der Waals surface area contributed by atoms with E-state index >= 15 is 0 Å². The Morgan fingerprint density at radius 2 is 1.90 bits per heavy atom. The maximum absolute atomic E-state index is 13.8. The Labute approximate surface area is 230 Å². The summed E-state index contributed by atoms with van der Waals surface area (Å²) in [4.78, 5) is 16.9. The van der Waals surface area contributed by atoms with Gasteiger partial charge in [0.15, 0.2) is 0 Å². The average molecular weight is 529 g/mol. The number of nitrogens with zero attached hydrogens (tertiary/aromatic N) is 5. The van der Waals surface area contributed by atoms with E-state index in [0.29, 0.717) is 19.1 Å². The van der Waals surface area contributed by atoms with E-state index in [1.165, 1.54) is 17.7 Å². The lowest BCUT2D eigenvalue weighted by Gasteiger charge is -2.27. The predicted molar refractivity (Wildman–Crippen MR) is 153 cm³/mol. The molecule has 0 amide bonds. The number of imidazole rings is 1. The minimum absolute atomic E-state index is 0.260. The van der Waals surface area contributed by atoms with Crippen LogP contribution in [-0.2, 0) is 17.7 Å². The van der Waals surface area contributed by atoms with Gasteiger partial charge in [0.25, 0.3) is 0 Å². The van der Waals surface area contributed by atoms with Gasteiger partial charge in [0, 0.05) is 51.0 Å². The number of ether oxygens (including phenoxy) is 1. The van der Waals surface area contributed by atoms with E-state index in [0.717, 1.165) is 73.8 Å². The molecule has 4 aromatic rings. The summed E-state index contributed by atoms with van der Waals surface area (Å²) in [7, 11) is 1.67. The van der Waals surface area contributed by atoms with E-state index in [4.69, 9.17) is 14.7 Å². The van der Waals surface area contributed by atoms with Crippen molar-refractivity contribution in [2.75, 3.05) is 38.7 Å². The Kier molecular flexibility index (Phi) is 8.96. The van der Waals surface area contributed by atoms with E-state index in [2.05, 4.69) is 57.0 Å². The first-order valence-corrected chi connectivity index (χ1v) is 13.9. The second kappa shape index (κ2) is 13.0. The van der Waals surface area contributed by atoms with Gasteiger partial charge < -0.3 is 14.6 Å². The van der Waals surface area contributed by atoms with Crippen LogP contribution in [0.3, 0.4) is 0 Å². The highest BCUT2D eigenvalue weighted by Gasteiger charge is 2.32. The fraction of sp³-hybridized carbons (Fsp3) is 0.387. The lowest BCUT2D eigenvalue weighted by Crippen LogP contribution is -2.30. The Morgan fingerprint density at radius 3 is 2.67 bits per heavy atom. The second-order valence-electron chi connectivity index (χ2n) is 10.1. The fourth-order valence-electron chi connectivity index (χ4n) is 5.30. The highest BCUT2D eigenvalue weighted by molar-refractivity contribution is 5.78. The maximum atomic E-state index is 13.8. The molecule has 1 aliphatic rings. The minimum Gasteiger partial charge on any atom is -0.383 e. The normalized spacial score (nSPS) is 14.6. The number of hydrogen-bond acceptors (Lipinski definition) is 6. The van der Waals surface area contributed by atoms with Gasteiger partial charge in [0.1, 0.15) is 11.6 Å². The minimum atomic E-state index is -0.260. The van der Waals surface area contributed by atoms with Gasteiger partial charge in [-0.25, -0.2) is 19.3 Å². The zero-order valence-electron chi connectivity index (χ0n) is 22.8. The molecular formula is C31H37FN6O. The number of benzene rings is 2. The van der Waals surface area contributed by atoms with Gasteiger partial charge in [-0.2, -0.15) is 0 Å². The SMILES string of the molecule is CCCCN(Cc1ccccc1)C[C@@H]1CCc2nc(-c3ccc(F)cc3)c(-c3ccnc(NCCOC)n3)n21. The van der Waals surface area contributed by atoms with Gasteiger partial charge in [0.2, 0.25) is 5.95 Å². The van der Waals surface area contributed by atoms with Crippen LogP contribution in [0.15, 0.2) is 66.9 Å². The number of anilines is 1. The van der Waals surface area contributed by atoms with Crippen LogP contribution in [0, 0.1) is 5.82 Å². The maximum Gasteiger partial charge on any atom is 0.223 e. The van der Waals surface area contributed by atoms with E-state index in [1.807, 2.05) is 6.07 Å². The molecule has 3 heterocycles. The summed E-state index contributed by atoms with van der Waals surface area (Å²) >= 11 is 0. The number of methoxy groups -OCH3 is 1. The van der Waals surface area contributed by atoms with Gasteiger partial charge in [-0.1, -0.05) is 43.7 Å². The molecule has 0 aliphatic carbocycles. The van der Waals surface area contributed by atoms with Crippen LogP contribution in [0.5, 0.6) is 0 Å². The van der Waals surface area contributed by atoms with Gasteiger partial charge in [0.05, 0.1) is 23.7 Å².